The third-order valence-electron chi connectivity index (χ3n) is 4.90. The van der Waals surface area contributed by atoms with Crippen molar-refractivity contribution in [1.29, 1.82) is 0 Å². The Hall–Kier alpha value is -4.00. The first-order chi connectivity index (χ1) is 15.8. The molecular formula is C26H25FN2O4. The monoisotopic (exact) mass is 448 g/mol. The molecule has 33 heavy (non-hydrogen) atoms. The number of anilines is 1. The van der Waals surface area contributed by atoms with Crippen molar-refractivity contribution in [1.82, 2.24) is 5.32 Å². The number of nitrogens with one attached hydrogen (secondary N) is 2. The van der Waals surface area contributed by atoms with Gasteiger partial charge in [0.15, 0.2) is 12.1 Å². The van der Waals surface area contributed by atoms with Gasteiger partial charge in [0.1, 0.15) is 5.82 Å². The van der Waals surface area contributed by atoms with Crippen LogP contribution in [0.1, 0.15) is 35.8 Å². The molecule has 0 spiro atoms. The Kier molecular flexibility index (Phi) is 7.91. The zero-order valence-corrected chi connectivity index (χ0v) is 18.3. The van der Waals surface area contributed by atoms with Crippen LogP contribution in [-0.4, -0.2) is 23.9 Å². The van der Waals surface area contributed by atoms with Crippen LogP contribution in [0.5, 0.6) is 0 Å². The third kappa shape index (κ3) is 6.49. The van der Waals surface area contributed by atoms with Crippen molar-refractivity contribution in [2.75, 3.05) is 5.32 Å². The summed E-state index contributed by atoms with van der Waals surface area (Å²) in [5, 5.41) is 5.33. The van der Waals surface area contributed by atoms with Crippen molar-refractivity contribution in [3.63, 3.8) is 0 Å². The summed E-state index contributed by atoms with van der Waals surface area (Å²) in [5.74, 6) is -2.54. The first kappa shape index (κ1) is 23.7. The average Bonchev–Trinajstić information content (AvgIpc) is 2.83. The van der Waals surface area contributed by atoms with Crippen LogP contribution in [-0.2, 0) is 14.3 Å². The molecule has 3 rings (SSSR count). The molecule has 3 aromatic carbocycles. The topological polar surface area (TPSA) is 84.5 Å². The van der Waals surface area contributed by atoms with Crippen LogP contribution in [0.25, 0.3) is 0 Å². The number of carbonyl (C=O) groups is 3. The smallest absolute Gasteiger partial charge is 0.334 e. The van der Waals surface area contributed by atoms with Gasteiger partial charge in [0.05, 0.1) is 0 Å². The number of halogens is 1. The van der Waals surface area contributed by atoms with E-state index in [-0.39, 0.29) is 5.92 Å². The van der Waals surface area contributed by atoms with Crippen molar-refractivity contribution in [3.8, 4) is 0 Å². The normalized spacial score (nSPS) is 12.5. The number of esters is 1. The van der Waals surface area contributed by atoms with Crippen molar-refractivity contribution in [2.45, 2.75) is 26.0 Å². The fourth-order valence-electron chi connectivity index (χ4n) is 3.16. The largest absolute Gasteiger partial charge is 0.450 e. The summed E-state index contributed by atoms with van der Waals surface area (Å²) >= 11 is 0. The lowest BCUT2D eigenvalue weighted by Gasteiger charge is -2.24. The van der Waals surface area contributed by atoms with E-state index >= 15 is 0 Å². The molecule has 7 heteroatoms. The fourth-order valence-corrected chi connectivity index (χ4v) is 3.16. The summed E-state index contributed by atoms with van der Waals surface area (Å²) < 4.78 is 18.7. The van der Waals surface area contributed by atoms with Gasteiger partial charge in [-0.3, -0.25) is 9.59 Å². The molecule has 170 valence electrons. The molecule has 6 nitrogen and oxygen atoms in total. The van der Waals surface area contributed by atoms with Crippen LogP contribution in [0.4, 0.5) is 10.1 Å². The number of carbonyl (C=O) groups excluding carboxylic acids is 3. The van der Waals surface area contributed by atoms with Crippen molar-refractivity contribution >= 4 is 23.5 Å². The standard InChI is InChI=1S/C26H25FN2O4/c1-17(2)23(25(31)28-21-15-13-20(27)14-16-21)33-26(32)22(18-9-5-3-6-10-18)29-24(30)19-11-7-4-8-12-19/h3-17,22-23H,1-2H3,(H,28,31)(H,29,30)/t22-,23-/m0/s1. The van der Waals surface area contributed by atoms with Gasteiger partial charge in [-0.1, -0.05) is 62.4 Å². The number of benzene rings is 3. The highest BCUT2D eigenvalue weighted by Gasteiger charge is 2.32. The van der Waals surface area contributed by atoms with E-state index in [2.05, 4.69) is 10.6 Å². The number of rotatable bonds is 8. The van der Waals surface area contributed by atoms with Crippen LogP contribution in [0, 0.1) is 11.7 Å². The second-order valence-electron chi connectivity index (χ2n) is 7.78. The van der Waals surface area contributed by atoms with E-state index in [1.807, 2.05) is 0 Å². The van der Waals surface area contributed by atoms with Gasteiger partial charge in [-0.2, -0.15) is 0 Å². The highest BCUT2D eigenvalue weighted by molar-refractivity contribution is 5.98. The van der Waals surface area contributed by atoms with Crippen LogP contribution < -0.4 is 10.6 Å². The van der Waals surface area contributed by atoms with Crippen LogP contribution in [0.2, 0.25) is 0 Å². The van der Waals surface area contributed by atoms with Gasteiger partial charge in [-0.15, -0.1) is 0 Å². The summed E-state index contributed by atoms with van der Waals surface area (Å²) in [6, 6.07) is 21.3. The minimum atomic E-state index is -1.12. The predicted octanol–water partition coefficient (Wildman–Crippen LogP) is 4.50. The van der Waals surface area contributed by atoms with Crippen LogP contribution in [0.3, 0.4) is 0 Å². The lowest BCUT2D eigenvalue weighted by molar-refractivity contribution is -0.158. The Morgan fingerprint density at radius 2 is 1.39 bits per heavy atom. The van der Waals surface area contributed by atoms with Crippen LogP contribution >= 0.6 is 0 Å². The van der Waals surface area contributed by atoms with Crippen LogP contribution in [0.15, 0.2) is 84.9 Å². The number of hydrogen-bond donors (Lipinski definition) is 2. The molecular weight excluding hydrogens is 423 g/mol. The summed E-state index contributed by atoms with van der Waals surface area (Å²) in [7, 11) is 0. The maximum Gasteiger partial charge on any atom is 0.334 e. The SMILES string of the molecule is CC(C)[C@H](OC(=O)[C@@H](NC(=O)c1ccccc1)c1ccccc1)C(=O)Nc1ccc(F)cc1. The summed E-state index contributed by atoms with van der Waals surface area (Å²) in [6.07, 6.45) is -1.12. The first-order valence-corrected chi connectivity index (χ1v) is 10.5. The molecule has 0 unspecified atom stereocenters. The summed E-state index contributed by atoms with van der Waals surface area (Å²) in [4.78, 5) is 38.7. The Morgan fingerprint density at radius 3 is 1.97 bits per heavy atom. The molecule has 0 aliphatic carbocycles. The quantitative estimate of drug-likeness (QED) is 0.497. The van der Waals surface area contributed by atoms with E-state index in [9.17, 15) is 18.8 Å². The van der Waals surface area contributed by atoms with E-state index in [1.165, 1.54) is 24.3 Å². The lowest BCUT2D eigenvalue weighted by Crippen LogP contribution is -2.41. The molecule has 0 bridgehead atoms. The second-order valence-corrected chi connectivity index (χ2v) is 7.78. The molecule has 3 aromatic rings. The Morgan fingerprint density at radius 1 is 0.818 bits per heavy atom. The maximum absolute atomic E-state index is 13.2. The minimum absolute atomic E-state index is 0.351. The predicted molar refractivity (Wildman–Crippen MR) is 123 cm³/mol. The van der Waals surface area contributed by atoms with Gasteiger partial charge in [0.25, 0.3) is 11.8 Å². The molecule has 0 aromatic heterocycles. The summed E-state index contributed by atoms with van der Waals surface area (Å²) in [6.45, 7) is 3.48. The fraction of sp³-hybridized carbons (Fsp3) is 0.192. The van der Waals surface area contributed by atoms with Gasteiger partial charge in [-0.05, 0) is 47.9 Å². The highest BCUT2D eigenvalue weighted by atomic mass is 19.1. The van der Waals surface area contributed by atoms with E-state index in [4.69, 9.17) is 4.74 Å². The molecule has 0 fully saturated rings. The molecule has 0 aliphatic heterocycles. The van der Waals surface area contributed by atoms with Gasteiger partial charge in [0.2, 0.25) is 0 Å². The van der Waals surface area contributed by atoms with Gasteiger partial charge < -0.3 is 15.4 Å². The molecule has 0 saturated carbocycles. The molecule has 2 N–H and O–H groups in total. The Balaban J connectivity index is 1.79. The molecule has 2 amide bonds. The maximum atomic E-state index is 13.2. The van der Waals surface area contributed by atoms with E-state index in [0.29, 0.717) is 16.8 Å². The number of hydrogen-bond acceptors (Lipinski definition) is 4. The Bertz CT molecular complexity index is 1090. The van der Waals surface area contributed by atoms with Gasteiger partial charge in [-0.25, -0.2) is 9.18 Å². The molecule has 0 aliphatic rings. The molecule has 0 radical (unpaired) electrons. The highest BCUT2D eigenvalue weighted by Crippen LogP contribution is 2.20. The Labute approximate surface area is 191 Å². The van der Waals surface area contributed by atoms with E-state index in [1.54, 1.807) is 74.5 Å². The summed E-state index contributed by atoms with van der Waals surface area (Å²) in [5.41, 5.74) is 1.29. The van der Waals surface area contributed by atoms with E-state index in [0.717, 1.165) is 0 Å². The minimum Gasteiger partial charge on any atom is -0.450 e. The molecule has 2 atom stereocenters. The number of amides is 2. The first-order valence-electron chi connectivity index (χ1n) is 10.5. The van der Waals surface area contributed by atoms with Gasteiger partial charge in [0, 0.05) is 11.3 Å². The average molecular weight is 448 g/mol. The lowest BCUT2D eigenvalue weighted by atomic mass is 10.0. The molecule has 0 heterocycles. The number of ether oxygens (including phenoxy) is 1. The van der Waals surface area contributed by atoms with Crippen molar-refractivity contribution < 1.29 is 23.5 Å². The molecule has 0 saturated heterocycles. The van der Waals surface area contributed by atoms with Gasteiger partial charge >= 0.3 is 5.97 Å². The van der Waals surface area contributed by atoms with Crippen molar-refractivity contribution in [3.05, 3.63) is 102 Å². The second kappa shape index (κ2) is 11.0. The van der Waals surface area contributed by atoms with E-state index < -0.39 is 35.7 Å². The zero-order chi connectivity index (χ0) is 23.8. The third-order valence-corrected chi connectivity index (χ3v) is 4.90. The van der Waals surface area contributed by atoms with Crippen molar-refractivity contribution in [2.24, 2.45) is 5.92 Å². The zero-order valence-electron chi connectivity index (χ0n) is 18.3.